The van der Waals surface area contributed by atoms with E-state index in [0.717, 1.165) is 10.8 Å². The van der Waals surface area contributed by atoms with Crippen LogP contribution in [0.5, 0.6) is 0 Å². The lowest BCUT2D eigenvalue weighted by Crippen LogP contribution is -2.35. The molecule has 0 amide bonds. The number of aromatic amines is 1. The molecule has 0 aromatic carbocycles. The third-order valence-electron chi connectivity index (χ3n) is 3.14. The first-order valence-corrected chi connectivity index (χ1v) is 6.31. The number of carbonyl (C=O) groups excluding carboxylic acids is 1. The van der Waals surface area contributed by atoms with Crippen molar-refractivity contribution in [3.63, 3.8) is 0 Å². The number of halogens is 1. The van der Waals surface area contributed by atoms with Gasteiger partial charge in [0.2, 0.25) is 5.82 Å². The van der Waals surface area contributed by atoms with Crippen LogP contribution < -0.4 is 11.2 Å². The highest BCUT2D eigenvalue weighted by atomic mass is 19.1. The van der Waals surface area contributed by atoms with Crippen molar-refractivity contribution < 1.29 is 23.8 Å². The normalized spacial score (nSPS) is 26.6. The summed E-state index contributed by atoms with van der Waals surface area (Å²) in [7, 11) is 0. The standard InChI is InChI=1S/C12H15FN2O6/c1-5(16)10-8(20-6(2)17)3-9(21-10)15-4-7(13)11(18)14-12(15)19/h4-5,8-10,16H,3H2,1-2H3,(H,14,18,19)/t5-,8?,9?,10?/m0/s1. The van der Waals surface area contributed by atoms with Gasteiger partial charge in [-0.05, 0) is 6.92 Å². The zero-order valence-electron chi connectivity index (χ0n) is 11.4. The lowest BCUT2D eigenvalue weighted by Gasteiger charge is -2.20. The van der Waals surface area contributed by atoms with Gasteiger partial charge < -0.3 is 14.6 Å². The Bertz CT molecular complexity index is 652. The molecule has 1 aliphatic heterocycles. The summed E-state index contributed by atoms with van der Waals surface area (Å²) in [4.78, 5) is 35.5. The summed E-state index contributed by atoms with van der Waals surface area (Å²) < 4.78 is 24.6. The Morgan fingerprint density at radius 1 is 1.62 bits per heavy atom. The van der Waals surface area contributed by atoms with Crippen molar-refractivity contribution in [3.05, 3.63) is 32.9 Å². The first kappa shape index (κ1) is 15.4. The SMILES string of the molecule is CC(=O)OC1CC(n2cc(F)c(=O)[nH]c2=O)OC1[C@H](C)O. The van der Waals surface area contributed by atoms with Crippen LogP contribution in [0.1, 0.15) is 26.5 Å². The molecule has 21 heavy (non-hydrogen) atoms. The van der Waals surface area contributed by atoms with Gasteiger partial charge in [-0.2, -0.15) is 4.39 Å². The molecule has 0 aliphatic carbocycles. The minimum Gasteiger partial charge on any atom is -0.459 e. The largest absolute Gasteiger partial charge is 0.459 e. The third kappa shape index (κ3) is 3.19. The molecular formula is C12H15FN2O6. The van der Waals surface area contributed by atoms with Crippen LogP contribution in [0.4, 0.5) is 4.39 Å². The molecule has 1 aromatic heterocycles. The highest BCUT2D eigenvalue weighted by Gasteiger charge is 2.41. The Hall–Kier alpha value is -2.00. The van der Waals surface area contributed by atoms with Gasteiger partial charge in [0.1, 0.15) is 18.4 Å². The Morgan fingerprint density at radius 3 is 2.86 bits per heavy atom. The number of aliphatic hydroxyl groups is 1. The summed E-state index contributed by atoms with van der Waals surface area (Å²) in [6.07, 6.45) is -2.74. The van der Waals surface area contributed by atoms with E-state index in [0.29, 0.717) is 0 Å². The third-order valence-corrected chi connectivity index (χ3v) is 3.14. The lowest BCUT2D eigenvalue weighted by molar-refractivity contribution is -0.152. The van der Waals surface area contributed by atoms with Crippen LogP contribution in [0.2, 0.25) is 0 Å². The molecule has 0 saturated carbocycles. The smallest absolute Gasteiger partial charge is 0.330 e. The number of nitrogens with zero attached hydrogens (tertiary/aromatic N) is 1. The molecular weight excluding hydrogens is 287 g/mol. The van der Waals surface area contributed by atoms with Gasteiger partial charge in [0.15, 0.2) is 0 Å². The molecule has 9 heteroatoms. The molecule has 116 valence electrons. The minimum atomic E-state index is -1.14. The van der Waals surface area contributed by atoms with E-state index in [4.69, 9.17) is 9.47 Å². The number of carbonyl (C=O) groups is 1. The fourth-order valence-corrected chi connectivity index (χ4v) is 2.26. The van der Waals surface area contributed by atoms with E-state index < -0.39 is 47.6 Å². The predicted octanol–water partition coefficient (Wildman–Crippen LogP) is -0.724. The molecule has 2 rings (SSSR count). The maximum atomic E-state index is 13.3. The minimum absolute atomic E-state index is 0.0561. The van der Waals surface area contributed by atoms with E-state index in [1.807, 2.05) is 4.98 Å². The molecule has 0 bridgehead atoms. The first-order chi connectivity index (χ1) is 9.79. The molecule has 1 fully saturated rings. The van der Waals surface area contributed by atoms with Gasteiger partial charge >= 0.3 is 11.7 Å². The number of H-pyrrole nitrogens is 1. The van der Waals surface area contributed by atoms with Crippen molar-refractivity contribution in [1.82, 2.24) is 9.55 Å². The Kier molecular flexibility index (Phi) is 4.24. The van der Waals surface area contributed by atoms with Gasteiger partial charge in [0.25, 0.3) is 5.56 Å². The second-order valence-electron chi connectivity index (χ2n) is 4.82. The molecule has 1 aromatic rings. The molecule has 2 N–H and O–H groups in total. The van der Waals surface area contributed by atoms with Crippen molar-refractivity contribution in [2.24, 2.45) is 0 Å². The summed E-state index contributed by atoms with van der Waals surface area (Å²) in [6, 6.07) is 0. The quantitative estimate of drug-likeness (QED) is 0.713. The number of hydrogen-bond donors (Lipinski definition) is 2. The van der Waals surface area contributed by atoms with Gasteiger partial charge in [-0.3, -0.25) is 19.1 Å². The van der Waals surface area contributed by atoms with Gasteiger partial charge in [-0.25, -0.2) is 4.79 Å². The van der Waals surface area contributed by atoms with E-state index in [2.05, 4.69) is 0 Å². The van der Waals surface area contributed by atoms with Crippen molar-refractivity contribution >= 4 is 5.97 Å². The van der Waals surface area contributed by atoms with Crippen LogP contribution in [-0.2, 0) is 14.3 Å². The number of esters is 1. The van der Waals surface area contributed by atoms with E-state index in [1.54, 1.807) is 0 Å². The number of rotatable bonds is 3. The molecule has 0 radical (unpaired) electrons. The van der Waals surface area contributed by atoms with Gasteiger partial charge in [-0.15, -0.1) is 0 Å². The van der Waals surface area contributed by atoms with E-state index in [1.165, 1.54) is 13.8 Å². The van der Waals surface area contributed by atoms with Crippen LogP contribution in [-0.4, -0.2) is 38.9 Å². The molecule has 3 unspecified atom stereocenters. The fourth-order valence-electron chi connectivity index (χ4n) is 2.26. The summed E-state index contributed by atoms with van der Waals surface area (Å²) in [5.41, 5.74) is -1.97. The summed E-state index contributed by atoms with van der Waals surface area (Å²) >= 11 is 0. The van der Waals surface area contributed by atoms with Crippen LogP contribution in [0.3, 0.4) is 0 Å². The van der Waals surface area contributed by atoms with Gasteiger partial charge in [0, 0.05) is 13.3 Å². The van der Waals surface area contributed by atoms with Crippen molar-refractivity contribution in [1.29, 1.82) is 0 Å². The zero-order valence-corrected chi connectivity index (χ0v) is 11.4. The van der Waals surface area contributed by atoms with Crippen molar-refractivity contribution in [3.8, 4) is 0 Å². The maximum absolute atomic E-state index is 13.3. The summed E-state index contributed by atoms with van der Waals surface area (Å²) in [5, 5.41) is 9.63. The average molecular weight is 302 g/mol. The Balaban J connectivity index is 2.30. The van der Waals surface area contributed by atoms with Gasteiger partial charge in [-0.1, -0.05) is 0 Å². The Labute approximate surface area is 118 Å². The summed E-state index contributed by atoms with van der Waals surface area (Å²) in [6.45, 7) is 2.65. The number of ether oxygens (including phenoxy) is 2. The molecule has 1 aliphatic rings. The zero-order chi connectivity index (χ0) is 15.7. The second-order valence-corrected chi connectivity index (χ2v) is 4.82. The second kappa shape index (κ2) is 5.78. The van der Waals surface area contributed by atoms with Crippen molar-refractivity contribution in [2.75, 3.05) is 0 Å². The lowest BCUT2D eigenvalue weighted by atomic mass is 10.1. The number of aliphatic hydroxyl groups excluding tert-OH is 1. The molecule has 8 nitrogen and oxygen atoms in total. The molecule has 4 atom stereocenters. The fraction of sp³-hybridized carbons (Fsp3) is 0.583. The van der Waals surface area contributed by atoms with Crippen LogP contribution >= 0.6 is 0 Å². The van der Waals surface area contributed by atoms with Crippen LogP contribution in [0, 0.1) is 5.82 Å². The number of hydrogen-bond acceptors (Lipinski definition) is 6. The van der Waals surface area contributed by atoms with E-state index in [-0.39, 0.29) is 6.42 Å². The van der Waals surface area contributed by atoms with Crippen LogP contribution in [0.15, 0.2) is 15.8 Å². The monoisotopic (exact) mass is 302 g/mol. The molecule has 0 spiro atoms. The summed E-state index contributed by atoms with van der Waals surface area (Å²) in [5.74, 6) is -1.70. The first-order valence-electron chi connectivity index (χ1n) is 6.31. The highest BCUT2D eigenvalue weighted by Crippen LogP contribution is 2.31. The predicted molar refractivity (Wildman–Crippen MR) is 67.0 cm³/mol. The Morgan fingerprint density at radius 2 is 2.29 bits per heavy atom. The van der Waals surface area contributed by atoms with Crippen LogP contribution in [0.25, 0.3) is 0 Å². The highest BCUT2D eigenvalue weighted by molar-refractivity contribution is 5.66. The van der Waals surface area contributed by atoms with E-state index in [9.17, 15) is 23.9 Å². The number of aromatic nitrogens is 2. The van der Waals surface area contributed by atoms with E-state index >= 15 is 0 Å². The maximum Gasteiger partial charge on any atom is 0.330 e. The molecule has 2 heterocycles. The van der Waals surface area contributed by atoms with Crippen molar-refractivity contribution in [2.45, 2.75) is 44.8 Å². The average Bonchev–Trinajstić information content (AvgIpc) is 2.76. The number of nitrogens with one attached hydrogen (secondary N) is 1. The molecule has 1 saturated heterocycles. The van der Waals surface area contributed by atoms with Gasteiger partial charge in [0.05, 0.1) is 12.3 Å². The topological polar surface area (TPSA) is 111 Å².